The Labute approximate surface area is 260 Å². The summed E-state index contributed by atoms with van der Waals surface area (Å²) in [7, 11) is 3.72. The lowest BCUT2D eigenvalue weighted by atomic mass is 10.1. The van der Waals surface area contributed by atoms with Crippen molar-refractivity contribution in [2.45, 2.75) is 44.4 Å². The summed E-state index contributed by atoms with van der Waals surface area (Å²) in [4.78, 5) is 31.4. The van der Waals surface area contributed by atoms with Gasteiger partial charge in [-0.25, -0.2) is 18.7 Å². The Kier molecular flexibility index (Phi) is 9.90. The highest BCUT2D eigenvalue weighted by Gasteiger charge is 2.33. The van der Waals surface area contributed by atoms with Crippen molar-refractivity contribution in [3.63, 3.8) is 0 Å². The first-order chi connectivity index (χ1) is 21.7. The highest BCUT2D eigenvalue weighted by molar-refractivity contribution is 5.81. The zero-order valence-electron chi connectivity index (χ0n) is 25.4. The van der Waals surface area contributed by atoms with Gasteiger partial charge in [0, 0.05) is 63.4 Å². The molecule has 2 N–H and O–H groups in total. The van der Waals surface area contributed by atoms with E-state index >= 15 is 0 Å². The van der Waals surface area contributed by atoms with E-state index in [2.05, 4.69) is 50.1 Å². The maximum Gasteiger partial charge on any atom is 0.273 e. The van der Waals surface area contributed by atoms with Gasteiger partial charge in [-0.05, 0) is 50.4 Å². The number of carbonyl (C=O) groups is 1. The average Bonchev–Trinajstić information content (AvgIpc) is 3.06. The van der Waals surface area contributed by atoms with E-state index in [1.165, 1.54) is 4.90 Å². The number of likely N-dealkylation sites (tertiary alicyclic amines) is 1. The minimum Gasteiger partial charge on any atom is -0.489 e. The van der Waals surface area contributed by atoms with Crippen molar-refractivity contribution in [3.05, 3.63) is 48.2 Å². The second-order valence-electron chi connectivity index (χ2n) is 11.1. The number of likely N-dealkylation sites (N-methyl/N-ethyl adjacent to an activating group) is 1. The molecular weight excluding hydrogens is 586 g/mol. The number of halogens is 2. The molecule has 2 aliphatic rings. The zero-order chi connectivity index (χ0) is 32.1. The van der Waals surface area contributed by atoms with Gasteiger partial charge >= 0.3 is 0 Å². The van der Waals surface area contributed by atoms with Gasteiger partial charge in [0.25, 0.3) is 12.3 Å². The Morgan fingerprint density at radius 1 is 1.13 bits per heavy atom. The van der Waals surface area contributed by atoms with Crippen LogP contribution in [0.2, 0.25) is 0 Å². The number of hydrogen-bond acceptors (Lipinski definition) is 11. The number of alkyl halides is 2. The largest absolute Gasteiger partial charge is 0.489 e. The third-order valence-corrected chi connectivity index (χ3v) is 8.16. The fourth-order valence-electron chi connectivity index (χ4n) is 5.40. The number of piperidine rings is 1. The van der Waals surface area contributed by atoms with Crippen molar-refractivity contribution in [1.82, 2.24) is 24.8 Å². The molecule has 12 nitrogen and oxygen atoms in total. The third-order valence-electron chi connectivity index (χ3n) is 8.16. The average molecular weight is 623 g/mol. The monoisotopic (exact) mass is 622 g/mol. The lowest BCUT2D eigenvalue weighted by Gasteiger charge is -2.39. The minimum absolute atomic E-state index is 0.169. The molecule has 0 unspecified atom stereocenters. The smallest absolute Gasteiger partial charge is 0.273 e. The molecule has 3 aromatic rings. The molecule has 2 saturated heterocycles. The second kappa shape index (κ2) is 14.0. The van der Waals surface area contributed by atoms with Crippen LogP contribution in [-0.2, 0) is 4.79 Å². The second-order valence-corrected chi connectivity index (χ2v) is 11.1. The standard InChI is InChI=1S/C31H36F2N8O4/c1-19-18-41(15-14-39(19)2)24-5-7-26(37-29(24)44-3)38-31-35-11-8-23(36-31)20-4-6-25(21(16-20)17-34)45-22-9-12-40(13-10-22)30(43)27(42)28(32)33/h4-8,11,16,19,22,27-28,42H,9-10,12-15,18H2,1-3H3,(H,35,36,37,38)/t19-,27+/m1/s1. The summed E-state index contributed by atoms with van der Waals surface area (Å²) in [5.74, 6) is 0.729. The maximum atomic E-state index is 12.7. The van der Waals surface area contributed by atoms with E-state index < -0.39 is 18.4 Å². The zero-order valence-corrected chi connectivity index (χ0v) is 25.4. The SMILES string of the molecule is COc1nc(Nc2nccc(-c3ccc(OC4CCN(C(=O)[C@@H](O)C(F)F)CC4)c(C#N)c3)n2)ccc1N1CCN(C)[C@H](C)C1. The molecule has 0 spiro atoms. The van der Waals surface area contributed by atoms with E-state index in [-0.39, 0.29) is 19.2 Å². The van der Waals surface area contributed by atoms with Crippen LogP contribution in [0.5, 0.6) is 11.6 Å². The number of anilines is 3. The lowest BCUT2D eigenvalue weighted by Crippen LogP contribution is -2.50. The molecule has 1 amide bonds. The first kappa shape index (κ1) is 31.8. The number of ether oxygens (including phenoxy) is 2. The Balaban J connectivity index is 1.24. The Morgan fingerprint density at radius 2 is 1.91 bits per heavy atom. The molecule has 45 heavy (non-hydrogen) atoms. The molecule has 14 heteroatoms. The predicted octanol–water partition coefficient (Wildman–Crippen LogP) is 3.30. The van der Waals surface area contributed by atoms with Crippen LogP contribution >= 0.6 is 0 Å². The van der Waals surface area contributed by atoms with E-state index in [1.54, 1.807) is 37.6 Å². The number of carbonyl (C=O) groups excluding carboxylic acids is 1. The van der Waals surface area contributed by atoms with Crippen molar-refractivity contribution in [2.24, 2.45) is 0 Å². The van der Waals surface area contributed by atoms with Crippen LogP contribution in [0.25, 0.3) is 11.3 Å². The molecule has 0 bridgehead atoms. The number of hydrogen-bond donors (Lipinski definition) is 2. The van der Waals surface area contributed by atoms with Gasteiger partial charge in [-0.3, -0.25) is 4.79 Å². The van der Waals surface area contributed by atoms with Gasteiger partial charge in [-0.1, -0.05) is 0 Å². The number of benzene rings is 1. The Hall–Kier alpha value is -4.61. The Bertz CT molecular complexity index is 1550. The van der Waals surface area contributed by atoms with Gasteiger partial charge < -0.3 is 34.6 Å². The number of rotatable bonds is 9. The summed E-state index contributed by atoms with van der Waals surface area (Å²) in [5, 5.41) is 22.4. The van der Waals surface area contributed by atoms with Crippen LogP contribution in [0.15, 0.2) is 42.6 Å². The van der Waals surface area contributed by atoms with Gasteiger partial charge in [-0.2, -0.15) is 10.2 Å². The van der Waals surface area contributed by atoms with Crippen molar-refractivity contribution >= 4 is 23.4 Å². The molecule has 0 aliphatic carbocycles. The van der Waals surface area contributed by atoms with E-state index in [4.69, 9.17) is 9.47 Å². The molecule has 2 fully saturated rings. The number of aliphatic hydroxyl groups is 1. The van der Waals surface area contributed by atoms with Gasteiger partial charge in [0.15, 0.2) is 6.10 Å². The quantitative estimate of drug-likeness (QED) is 0.363. The normalized spacial score (nSPS) is 18.4. The van der Waals surface area contributed by atoms with Crippen molar-refractivity contribution < 1.29 is 28.2 Å². The number of aromatic nitrogens is 3. The molecular formula is C31H36F2N8O4. The first-order valence-corrected chi connectivity index (χ1v) is 14.7. The van der Waals surface area contributed by atoms with Crippen LogP contribution < -0.4 is 19.7 Å². The van der Waals surface area contributed by atoms with Gasteiger partial charge in [0.2, 0.25) is 11.8 Å². The number of nitrogens with zero attached hydrogens (tertiary/aromatic N) is 7. The number of aliphatic hydroxyl groups excluding tert-OH is 1. The predicted molar refractivity (Wildman–Crippen MR) is 163 cm³/mol. The van der Waals surface area contributed by atoms with E-state index in [1.807, 2.05) is 12.1 Å². The number of amides is 1. The summed E-state index contributed by atoms with van der Waals surface area (Å²) in [5.41, 5.74) is 2.48. The van der Waals surface area contributed by atoms with Crippen molar-refractivity contribution in [1.29, 1.82) is 5.26 Å². The molecule has 5 rings (SSSR count). The van der Waals surface area contributed by atoms with Gasteiger partial charge in [0.1, 0.15) is 29.4 Å². The fourth-order valence-corrected chi connectivity index (χ4v) is 5.40. The summed E-state index contributed by atoms with van der Waals surface area (Å²) in [6, 6.07) is 13.3. The minimum atomic E-state index is -3.13. The van der Waals surface area contributed by atoms with Crippen LogP contribution in [0, 0.1) is 11.3 Å². The third kappa shape index (κ3) is 7.38. The number of nitrogens with one attached hydrogen (secondary N) is 1. The molecule has 0 saturated carbocycles. The maximum absolute atomic E-state index is 12.7. The molecule has 4 heterocycles. The summed E-state index contributed by atoms with van der Waals surface area (Å²) in [6.45, 7) is 5.22. The number of piperazine rings is 1. The molecule has 2 aromatic heterocycles. The van der Waals surface area contributed by atoms with Crippen LogP contribution in [0.3, 0.4) is 0 Å². The summed E-state index contributed by atoms with van der Waals surface area (Å²) < 4.78 is 37.1. The topological polar surface area (TPSA) is 140 Å². The first-order valence-electron chi connectivity index (χ1n) is 14.7. The lowest BCUT2D eigenvalue weighted by molar-refractivity contribution is -0.150. The molecule has 2 aliphatic heterocycles. The fraction of sp³-hybridized carbons (Fsp3) is 0.452. The van der Waals surface area contributed by atoms with Crippen molar-refractivity contribution in [3.8, 4) is 29.0 Å². The highest BCUT2D eigenvalue weighted by Crippen LogP contribution is 2.31. The molecule has 238 valence electrons. The highest BCUT2D eigenvalue weighted by atomic mass is 19.3. The van der Waals surface area contributed by atoms with Crippen LogP contribution in [-0.4, -0.2) is 107 Å². The van der Waals surface area contributed by atoms with Crippen LogP contribution in [0.1, 0.15) is 25.3 Å². The van der Waals surface area contributed by atoms with E-state index in [0.29, 0.717) is 59.1 Å². The molecule has 0 radical (unpaired) electrons. The number of nitriles is 1. The van der Waals surface area contributed by atoms with Crippen molar-refractivity contribution in [2.75, 3.05) is 57.1 Å². The van der Waals surface area contributed by atoms with E-state index in [9.17, 15) is 23.9 Å². The van der Waals surface area contributed by atoms with Gasteiger partial charge in [0.05, 0.1) is 18.4 Å². The number of pyridine rings is 1. The number of methoxy groups -OCH3 is 1. The summed E-state index contributed by atoms with van der Waals surface area (Å²) >= 11 is 0. The summed E-state index contributed by atoms with van der Waals surface area (Å²) in [6.07, 6.45) is -3.41. The van der Waals surface area contributed by atoms with E-state index in [0.717, 1.165) is 25.3 Å². The molecule has 1 aromatic carbocycles. The van der Waals surface area contributed by atoms with Gasteiger partial charge in [-0.15, -0.1) is 0 Å². The Morgan fingerprint density at radius 3 is 2.60 bits per heavy atom. The molecule has 2 atom stereocenters. The van der Waals surface area contributed by atoms with Crippen LogP contribution in [0.4, 0.5) is 26.2 Å².